The molecule has 0 fully saturated rings. The second-order valence-corrected chi connectivity index (χ2v) is 4.58. The molecule has 1 nitrogen and oxygen atoms in total. The van der Waals surface area contributed by atoms with Crippen LogP contribution in [0.3, 0.4) is 0 Å². The molecule has 0 amide bonds. The fraction of sp³-hybridized carbons (Fsp3) is 0.273. The molecule has 0 spiro atoms. The second-order valence-electron chi connectivity index (χ2n) is 3.23. The number of fused-ring (bicyclic) bond motifs is 1. The highest BCUT2D eigenvalue weighted by molar-refractivity contribution is 7.17. The van der Waals surface area contributed by atoms with E-state index >= 15 is 0 Å². The number of benzene rings is 1. The molecule has 14 heavy (non-hydrogen) atoms. The van der Waals surface area contributed by atoms with E-state index in [1.54, 1.807) is 11.3 Å². The lowest BCUT2D eigenvalue weighted by Crippen LogP contribution is -1.87. The van der Waals surface area contributed by atoms with Gasteiger partial charge in [-0.05, 0) is 47.4 Å². The molecule has 2 rings (SSSR count). The number of aliphatic hydroxyl groups is 1. The third kappa shape index (κ3) is 1.92. The number of aryl methyl sites for hydroxylation is 1. The molecule has 0 aliphatic heterocycles. The van der Waals surface area contributed by atoms with Crippen LogP contribution in [0.25, 0.3) is 10.1 Å². The molecular formula is C11H11ClOS. The maximum Gasteiger partial charge on any atom is 0.0434 e. The predicted octanol–water partition coefficient (Wildman–Crippen LogP) is 3.48. The van der Waals surface area contributed by atoms with Crippen LogP contribution >= 0.6 is 22.9 Å². The average molecular weight is 227 g/mol. The predicted molar refractivity (Wildman–Crippen MR) is 62.2 cm³/mol. The summed E-state index contributed by atoms with van der Waals surface area (Å²) in [6, 6.07) is 5.96. The summed E-state index contributed by atoms with van der Waals surface area (Å²) in [5.41, 5.74) is 1.29. The van der Waals surface area contributed by atoms with Gasteiger partial charge in [-0.25, -0.2) is 0 Å². The van der Waals surface area contributed by atoms with Gasteiger partial charge in [-0.3, -0.25) is 0 Å². The van der Waals surface area contributed by atoms with Crippen LogP contribution in [0.2, 0.25) is 5.02 Å². The van der Waals surface area contributed by atoms with Gasteiger partial charge >= 0.3 is 0 Å². The molecule has 1 aromatic heterocycles. The monoisotopic (exact) mass is 226 g/mol. The van der Waals surface area contributed by atoms with E-state index in [1.165, 1.54) is 15.6 Å². The first-order chi connectivity index (χ1) is 6.81. The van der Waals surface area contributed by atoms with E-state index in [1.807, 2.05) is 18.2 Å². The second kappa shape index (κ2) is 4.30. The molecule has 0 aliphatic rings. The molecule has 2 aromatic rings. The largest absolute Gasteiger partial charge is 0.396 e. The summed E-state index contributed by atoms with van der Waals surface area (Å²) < 4.78 is 1.27. The van der Waals surface area contributed by atoms with Crippen LogP contribution < -0.4 is 0 Å². The minimum absolute atomic E-state index is 0.248. The molecule has 0 unspecified atom stereocenters. The highest BCUT2D eigenvalue weighted by atomic mass is 35.5. The summed E-state index contributed by atoms with van der Waals surface area (Å²) >= 11 is 7.67. The summed E-state index contributed by atoms with van der Waals surface area (Å²) in [6.07, 6.45) is 1.75. The molecule has 1 N–H and O–H groups in total. The van der Waals surface area contributed by atoms with E-state index in [0.717, 1.165) is 17.9 Å². The van der Waals surface area contributed by atoms with Crippen LogP contribution in [0.1, 0.15) is 12.0 Å². The first kappa shape index (κ1) is 9.97. The third-order valence-electron chi connectivity index (χ3n) is 2.22. The van der Waals surface area contributed by atoms with E-state index < -0.39 is 0 Å². The van der Waals surface area contributed by atoms with Crippen LogP contribution in [-0.2, 0) is 6.42 Å². The number of rotatable bonds is 3. The van der Waals surface area contributed by atoms with Crippen molar-refractivity contribution in [3.8, 4) is 0 Å². The fourth-order valence-corrected chi connectivity index (χ4v) is 2.67. The number of thiophene rings is 1. The first-order valence-corrected chi connectivity index (χ1v) is 5.83. The Morgan fingerprint density at radius 2 is 2.21 bits per heavy atom. The molecule has 1 heterocycles. The molecule has 0 aliphatic carbocycles. The summed E-state index contributed by atoms with van der Waals surface area (Å²) in [5, 5.41) is 12.9. The average Bonchev–Trinajstić information content (AvgIpc) is 2.57. The summed E-state index contributed by atoms with van der Waals surface area (Å²) in [7, 11) is 0. The lowest BCUT2D eigenvalue weighted by atomic mass is 10.1. The van der Waals surface area contributed by atoms with Crippen molar-refractivity contribution in [1.82, 2.24) is 0 Å². The number of halogens is 1. The Labute approximate surface area is 91.9 Å². The summed E-state index contributed by atoms with van der Waals surface area (Å²) in [6.45, 7) is 0.248. The van der Waals surface area contributed by atoms with Gasteiger partial charge in [-0.2, -0.15) is 0 Å². The van der Waals surface area contributed by atoms with Crippen molar-refractivity contribution in [1.29, 1.82) is 0 Å². The minimum atomic E-state index is 0.248. The van der Waals surface area contributed by atoms with Gasteiger partial charge < -0.3 is 5.11 Å². The number of aliphatic hydroxyl groups excluding tert-OH is 1. The van der Waals surface area contributed by atoms with Gasteiger partial charge in [-0.1, -0.05) is 11.6 Å². The van der Waals surface area contributed by atoms with Crippen LogP contribution in [0, 0.1) is 0 Å². The van der Waals surface area contributed by atoms with Gasteiger partial charge in [0.25, 0.3) is 0 Å². The summed E-state index contributed by atoms with van der Waals surface area (Å²) in [4.78, 5) is 0. The molecular weight excluding hydrogens is 216 g/mol. The molecule has 0 saturated heterocycles. The maximum atomic E-state index is 8.77. The molecule has 0 radical (unpaired) electrons. The number of hydrogen-bond donors (Lipinski definition) is 1. The third-order valence-corrected chi connectivity index (χ3v) is 3.47. The normalized spacial score (nSPS) is 11.0. The Bertz CT molecular complexity index is 436. The lowest BCUT2D eigenvalue weighted by molar-refractivity contribution is 0.289. The highest BCUT2D eigenvalue weighted by Gasteiger charge is 2.03. The zero-order valence-corrected chi connectivity index (χ0v) is 9.24. The van der Waals surface area contributed by atoms with Crippen molar-refractivity contribution in [2.45, 2.75) is 12.8 Å². The number of hydrogen-bond acceptors (Lipinski definition) is 2. The summed E-state index contributed by atoms with van der Waals surface area (Å²) in [5.74, 6) is 0. The maximum absolute atomic E-state index is 8.77. The molecule has 0 atom stereocenters. The van der Waals surface area contributed by atoms with E-state index in [2.05, 4.69) is 5.38 Å². The fourth-order valence-electron chi connectivity index (χ4n) is 1.52. The van der Waals surface area contributed by atoms with Crippen molar-refractivity contribution in [3.63, 3.8) is 0 Å². The smallest absolute Gasteiger partial charge is 0.0434 e. The highest BCUT2D eigenvalue weighted by Crippen LogP contribution is 2.29. The van der Waals surface area contributed by atoms with Crippen LogP contribution in [0.4, 0.5) is 0 Å². The van der Waals surface area contributed by atoms with Gasteiger partial charge in [0.15, 0.2) is 0 Å². The Hall–Kier alpha value is -0.570. The molecule has 1 aromatic carbocycles. The topological polar surface area (TPSA) is 20.2 Å². The van der Waals surface area contributed by atoms with Crippen molar-refractivity contribution in [2.75, 3.05) is 6.61 Å². The molecule has 0 bridgehead atoms. The Kier molecular flexibility index (Phi) is 3.06. The quantitative estimate of drug-likeness (QED) is 0.850. The van der Waals surface area contributed by atoms with E-state index in [0.29, 0.717) is 0 Å². The molecule has 0 saturated carbocycles. The zero-order valence-electron chi connectivity index (χ0n) is 7.66. The van der Waals surface area contributed by atoms with Crippen LogP contribution in [-0.4, -0.2) is 11.7 Å². The molecule has 3 heteroatoms. The van der Waals surface area contributed by atoms with Crippen molar-refractivity contribution in [3.05, 3.63) is 34.2 Å². The standard InChI is InChI=1S/C11H11ClOS/c12-9-3-4-11-10(6-9)8(7-14-11)2-1-5-13/h3-4,6-7,13H,1-2,5H2. The van der Waals surface area contributed by atoms with E-state index in [9.17, 15) is 0 Å². The van der Waals surface area contributed by atoms with Crippen LogP contribution in [0.15, 0.2) is 23.6 Å². The van der Waals surface area contributed by atoms with Crippen LogP contribution in [0.5, 0.6) is 0 Å². The van der Waals surface area contributed by atoms with Gasteiger partial charge in [0.2, 0.25) is 0 Å². The minimum Gasteiger partial charge on any atom is -0.396 e. The van der Waals surface area contributed by atoms with Crippen molar-refractivity contribution < 1.29 is 5.11 Å². The Morgan fingerprint density at radius 3 is 3.00 bits per heavy atom. The van der Waals surface area contributed by atoms with E-state index in [4.69, 9.17) is 16.7 Å². The van der Waals surface area contributed by atoms with Gasteiger partial charge in [0, 0.05) is 16.3 Å². The Balaban J connectivity index is 2.40. The Morgan fingerprint density at radius 1 is 1.36 bits per heavy atom. The van der Waals surface area contributed by atoms with Crippen molar-refractivity contribution in [2.24, 2.45) is 0 Å². The lowest BCUT2D eigenvalue weighted by Gasteiger charge is -1.97. The zero-order chi connectivity index (χ0) is 9.97. The SMILES string of the molecule is OCCCc1csc2ccc(Cl)cc12. The van der Waals surface area contributed by atoms with Crippen molar-refractivity contribution >= 4 is 33.0 Å². The van der Waals surface area contributed by atoms with Gasteiger partial charge in [0.05, 0.1) is 0 Å². The van der Waals surface area contributed by atoms with Gasteiger partial charge in [0.1, 0.15) is 0 Å². The van der Waals surface area contributed by atoms with E-state index in [-0.39, 0.29) is 6.61 Å². The van der Waals surface area contributed by atoms with Gasteiger partial charge in [-0.15, -0.1) is 11.3 Å². The first-order valence-electron chi connectivity index (χ1n) is 4.58. The molecule has 74 valence electrons.